The molecule has 0 amide bonds. The van der Waals surface area contributed by atoms with E-state index in [0.29, 0.717) is 0 Å². The fourth-order valence-corrected chi connectivity index (χ4v) is 3.53. The van der Waals surface area contributed by atoms with E-state index < -0.39 is 22.2 Å². The molecule has 1 atom stereocenters. The van der Waals surface area contributed by atoms with Crippen molar-refractivity contribution >= 4 is 17.8 Å². The molecule has 1 unspecified atom stereocenters. The van der Waals surface area contributed by atoms with Crippen LogP contribution in [0.2, 0.25) is 0 Å². The summed E-state index contributed by atoms with van der Waals surface area (Å²) >= 11 is 0. The van der Waals surface area contributed by atoms with Crippen LogP contribution in [-0.2, 0) is 18.7 Å². The van der Waals surface area contributed by atoms with Crippen molar-refractivity contribution in [1.29, 1.82) is 0 Å². The minimum absolute atomic E-state index is 0.0120. The van der Waals surface area contributed by atoms with Crippen molar-refractivity contribution in [2.75, 3.05) is 0 Å². The maximum absolute atomic E-state index is 14.6. The number of aromatic nitrogens is 4. The van der Waals surface area contributed by atoms with Crippen molar-refractivity contribution in [3.63, 3.8) is 0 Å². The van der Waals surface area contributed by atoms with Crippen molar-refractivity contribution in [3.05, 3.63) is 112 Å². The lowest BCUT2D eigenvalue weighted by atomic mass is 9.92. The fourth-order valence-electron chi connectivity index (χ4n) is 3.53. The Morgan fingerprint density at radius 1 is 1.06 bits per heavy atom. The lowest BCUT2D eigenvalue weighted by Crippen LogP contribution is -2.37. The van der Waals surface area contributed by atoms with Gasteiger partial charge in [-0.05, 0) is 35.4 Å². The van der Waals surface area contributed by atoms with Crippen LogP contribution in [0.3, 0.4) is 0 Å². The molecule has 0 saturated carbocycles. The SMILES string of the molecule is O=[N+]([O-])c1ccc(C=Cc2ccn(CC(O)(Cn3cncn3)c3ccc(F)cc3F)c2)cc1. The molecule has 0 fully saturated rings. The Bertz CT molecular complexity index is 1290. The zero-order valence-electron chi connectivity index (χ0n) is 17.3. The molecule has 0 aliphatic rings. The van der Waals surface area contributed by atoms with Crippen molar-refractivity contribution in [2.24, 2.45) is 0 Å². The number of nitro groups is 1. The molecule has 168 valence electrons. The summed E-state index contributed by atoms with van der Waals surface area (Å²) in [7, 11) is 0. The average molecular weight is 451 g/mol. The first-order valence-electron chi connectivity index (χ1n) is 9.91. The van der Waals surface area contributed by atoms with Gasteiger partial charge >= 0.3 is 0 Å². The molecule has 2 aromatic heterocycles. The van der Waals surface area contributed by atoms with Gasteiger partial charge in [0.05, 0.1) is 18.0 Å². The maximum atomic E-state index is 14.6. The van der Waals surface area contributed by atoms with E-state index >= 15 is 0 Å². The van der Waals surface area contributed by atoms with Crippen molar-refractivity contribution < 1.29 is 18.8 Å². The fraction of sp³-hybridized carbons (Fsp3) is 0.130. The van der Waals surface area contributed by atoms with Gasteiger partial charge < -0.3 is 9.67 Å². The van der Waals surface area contributed by atoms with E-state index in [0.717, 1.165) is 23.3 Å². The summed E-state index contributed by atoms with van der Waals surface area (Å²) in [6, 6.07) is 11.0. The predicted octanol–water partition coefficient (Wildman–Crippen LogP) is 4.02. The lowest BCUT2D eigenvalue weighted by molar-refractivity contribution is -0.384. The number of hydrogen-bond donors (Lipinski definition) is 1. The van der Waals surface area contributed by atoms with E-state index in [1.807, 2.05) is 6.08 Å². The lowest BCUT2D eigenvalue weighted by Gasteiger charge is -2.29. The first kappa shape index (κ1) is 22.0. The zero-order chi connectivity index (χ0) is 23.4. The van der Waals surface area contributed by atoms with Gasteiger partial charge in [0.2, 0.25) is 0 Å². The summed E-state index contributed by atoms with van der Waals surface area (Å²) in [5, 5.41) is 26.2. The Labute approximate surface area is 187 Å². The predicted molar refractivity (Wildman–Crippen MR) is 117 cm³/mol. The number of aliphatic hydroxyl groups is 1. The van der Waals surface area contributed by atoms with Crippen molar-refractivity contribution in [2.45, 2.75) is 18.7 Å². The number of rotatable bonds is 8. The highest BCUT2D eigenvalue weighted by Crippen LogP contribution is 2.29. The molecular weight excluding hydrogens is 432 g/mol. The standard InChI is InChI=1S/C23H19F2N5O3/c24-19-5-8-21(22(25)11-19)23(31,14-29-16-26-15-27-29)13-28-10-9-18(12-28)2-1-17-3-6-20(7-4-17)30(32)33/h1-12,15-16,31H,13-14H2. The van der Waals surface area contributed by atoms with Crippen LogP contribution in [0.4, 0.5) is 14.5 Å². The Balaban J connectivity index is 1.56. The van der Waals surface area contributed by atoms with Gasteiger partial charge in [0.15, 0.2) is 0 Å². The van der Waals surface area contributed by atoms with Crippen LogP contribution in [0.1, 0.15) is 16.7 Å². The van der Waals surface area contributed by atoms with Gasteiger partial charge in [-0.2, -0.15) is 5.10 Å². The maximum Gasteiger partial charge on any atom is 0.269 e. The van der Waals surface area contributed by atoms with E-state index in [9.17, 15) is 24.0 Å². The van der Waals surface area contributed by atoms with Gasteiger partial charge in [0.1, 0.15) is 29.9 Å². The Morgan fingerprint density at radius 2 is 1.82 bits per heavy atom. The third-order valence-electron chi connectivity index (χ3n) is 5.11. The van der Waals surface area contributed by atoms with E-state index in [1.54, 1.807) is 41.2 Å². The minimum Gasteiger partial charge on any atom is -0.381 e. The van der Waals surface area contributed by atoms with Crippen LogP contribution < -0.4 is 0 Å². The second-order valence-electron chi connectivity index (χ2n) is 7.55. The van der Waals surface area contributed by atoms with E-state index in [2.05, 4.69) is 10.1 Å². The highest BCUT2D eigenvalue weighted by Gasteiger charge is 2.34. The van der Waals surface area contributed by atoms with Gasteiger partial charge in [-0.1, -0.05) is 18.2 Å². The zero-order valence-corrected chi connectivity index (χ0v) is 17.3. The number of hydrogen-bond acceptors (Lipinski definition) is 5. The summed E-state index contributed by atoms with van der Waals surface area (Å²) in [4.78, 5) is 14.2. The quantitative estimate of drug-likeness (QED) is 0.322. The molecule has 1 N–H and O–H groups in total. The molecule has 0 radical (unpaired) electrons. The third kappa shape index (κ3) is 5.18. The van der Waals surface area contributed by atoms with Crippen LogP contribution in [0, 0.1) is 21.7 Å². The molecule has 2 aromatic carbocycles. The highest BCUT2D eigenvalue weighted by molar-refractivity contribution is 5.69. The first-order valence-corrected chi connectivity index (χ1v) is 9.91. The summed E-state index contributed by atoms with van der Waals surface area (Å²) in [6.45, 7) is -0.123. The van der Waals surface area contributed by atoms with Gasteiger partial charge in [0.25, 0.3) is 5.69 Å². The molecule has 8 nitrogen and oxygen atoms in total. The summed E-state index contributed by atoms with van der Waals surface area (Å²) in [5.74, 6) is -1.60. The van der Waals surface area contributed by atoms with Crippen LogP contribution in [0.5, 0.6) is 0 Å². The molecule has 4 rings (SSSR count). The smallest absolute Gasteiger partial charge is 0.269 e. The molecule has 0 aliphatic heterocycles. The van der Waals surface area contributed by atoms with Crippen molar-refractivity contribution in [3.8, 4) is 0 Å². The number of nitrogens with zero attached hydrogens (tertiary/aromatic N) is 5. The van der Waals surface area contributed by atoms with Gasteiger partial charge in [-0.15, -0.1) is 0 Å². The topological polar surface area (TPSA) is 99.0 Å². The third-order valence-corrected chi connectivity index (χ3v) is 5.11. The Morgan fingerprint density at radius 3 is 2.48 bits per heavy atom. The normalized spacial score (nSPS) is 13.3. The molecule has 0 saturated heterocycles. The van der Waals surface area contributed by atoms with Crippen LogP contribution in [-0.4, -0.2) is 29.4 Å². The Kier molecular flexibility index (Phi) is 6.09. The average Bonchev–Trinajstić information content (AvgIpc) is 3.44. The monoisotopic (exact) mass is 451 g/mol. The van der Waals surface area contributed by atoms with Crippen LogP contribution >= 0.6 is 0 Å². The summed E-state index contributed by atoms with van der Waals surface area (Å²) in [6.07, 6.45) is 9.80. The number of nitro benzene ring substituents is 1. The van der Waals surface area contributed by atoms with Crippen LogP contribution in [0.25, 0.3) is 12.2 Å². The molecule has 0 aliphatic carbocycles. The highest BCUT2D eigenvalue weighted by atomic mass is 19.1. The van der Waals surface area contributed by atoms with Gasteiger partial charge in [-0.3, -0.25) is 10.1 Å². The van der Waals surface area contributed by atoms with Crippen LogP contribution in [0.15, 0.2) is 73.6 Å². The van der Waals surface area contributed by atoms with Crippen molar-refractivity contribution in [1.82, 2.24) is 19.3 Å². The molecule has 4 aromatic rings. The minimum atomic E-state index is -1.73. The summed E-state index contributed by atoms with van der Waals surface area (Å²) in [5.41, 5.74) is -0.196. The molecule has 0 spiro atoms. The number of non-ortho nitro benzene ring substituents is 1. The van der Waals surface area contributed by atoms with Gasteiger partial charge in [-0.25, -0.2) is 18.4 Å². The molecule has 10 heteroatoms. The molecular formula is C23H19F2N5O3. The second-order valence-corrected chi connectivity index (χ2v) is 7.55. The number of benzene rings is 2. The Hall–Kier alpha value is -4.18. The largest absolute Gasteiger partial charge is 0.381 e. The first-order chi connectivity index (χ1) is 15.8. The summed E-state index contributed by atoms with van der Waals surface area (Å²) < 4.78 is 31.1. The van der Waals surface area contributed by atoms with Gasteiger partial charge in [0, 0.05) is 36.2 Å². The van der Waals surface area contributed by atoms with E-state index in [1.165, 1.54) is 35.5 Å². The molecule has 2 heterocycles. The number of halogens is 2. The molecule has 33 heavy (non-hydrogen) atoms. The molecule has 0 bridgehead atoms. The second kappa shape index (κ2) is 9.13. The van der Waals surface area contributed by atoms with E-state index in [-0.39, 0.29) is 24.3 Å². The van der Waals surface area contributed by atoms with E-state index in [4.69, 9.17) is 0 Å².